The molecular weight excluding hydrogens is 198 g/mol. The van der Waals surface area contributed by atoms with Gasteiger partial charge in [0.15, 0.2) is 0 Å². The Bertz CT molecular complexity index is 373. The number of nitrogens with zero attached hydrogens (tertiary/aromatic N) is 2. The van der Waals surface area contributed by atoms with Crippen molar-refractivity contribution >= 4 is 11.4 Å². The Labute approximate surface area is 97.8 Å². The fourth-order valence-corrected chi connectivity index (χ4v) is 2.54. The SMILES string of the molecule is CCN1CC(CN(C)C)c2ccc(N)cc21. The summed E-state index contributed by atoms with van der Waals surface area (Å²) in [6.45, 7) is 5.48. The Morgan fingerprint density at radius 2 is 2.19 bits per heavy atom. The van der Waals surface area contributed by atoms with Crippen LogP contribution >= 0.6 is 0 Å². The van der Waals surface area contributed by atoms with Crippen LogP contribution in [0, 0.1) is 0 Å². The molecule has 1 aliphatic rings. The van der Waals surface area contributed by atoms with Crippen molar-refractivity contribution < 1.29 is 0 Å². The molecule has 1 aromatic carbocycles. The molecule has 0 fully saturated rings. The van der Waals surface area contributed by atoms with Crippen LogP contribution < -0.4 is 10.6 Å². The average Bonchev–Trinajstić information content (AvgIpc) is 2.55. The third kappa shape index (κ3) is 2.00. The van der Waals surface area contributed by atoms with Crippen molar-refractivity contribution in [3.63, 3.8) is 0 Å². The monoisotopic (exact) mass is 219 g/mol. The quantitative estimate of drug-likeness (QED) is 0.786. The number of hydrogen-bond donors (Lipinski definition) is 1. The number of hydrogen-bond acceptors (Lipinski definition) is 3. The summed E-state index contributed by atoms with van der Waals surface area (Å²) in [5.41, 5.74) is 9.50. The zero-order chi connectivity index (χ0) is 11.7. The lowest BCUT2D eigenvalue weighted by Crippen LogP contribution is -2.26. The second kappa shape index (κ2) is 4.34. The Balaban J connectivity index is 2.30. The third-order valence-electron chi connectivity index (χ3n) is 3.24. The maximum absolute atomic E-state index is 5.86. The number of benzene rings is 1. The Morgan fingerprint density at radius 3 is 2.81 bits per heavy atom. The van der Waals surface area contributed by atoms with Gasteiger partial charge in [0.2, 0.25) is 0 Å². The number of nitrogens with two attached hydrogens (primary N) is 1. The van der Waals surface area contributed by atoms with Gasteiger partial charge in [0.25, 0.3) is 0 Å². The normalized spacial score (nSPS) is 19.2. The Hall–Kier alpha value is -1.22. The molecule has 0 saturated heterocycles. The van der Waals surface area contributed by atoms with Crippen LogP contribution in [0.2, 0.25) is 0 Å². The number of fused-ring (bicyclic) bond motifs is 1. The van der Waals surface area contributed by atoms with Gasteiger partial charge in [0.05, 0.1) is 0 Å². The molecule has 2 rings (SSSR count). The zero-order valence-electron chi connectivity index (χ0n) is 10.4. The largest absolute Gasteiger partial charge is 0.399 e. The molecule has 2 N–H and O–H groups in total. The first-order valence-electron chi connectivity index (χ1n) is 5.91. The molecule has 3 heteroatoms. The standard InChI is InChI=1S/C13H21N3/c1-4-16-9-10(8-15(2)3)12-6-5-11(14)7-13(12)16/h5-7,10H,4,8-9,14H2,1-3H3. The Morgan fingerprint density at radius 1 is 1.44 bits per heavy atom. The van der Waals surface area contributed by atoms with Crippen LogP contribution in [0.5, 0.6) is 0 Å². The predicted octanol–water partition coefficient (Wildman–Crippen LogP) is 1.75. The second-order valence-corrected chi connectivity index (χ2v) is 4.82. The first kappa shape index (κ1) is 11.3. The maximum Gasteiger partial charge on any atom is 0.0423 e. The smallest absolute Gasteiger partial charge is 0.0423 e. The molecule has 0 aromatic heterocycles. The van der Waals surface area contributed by atoms with Gasteiger partial charge in [-0.15, -0.1) is 0 Å². The van der Waals surface area contributed by atoms with Gasteiger partial charge < -0.3 is 15.5 Å². The number of likely N-dealkylation sites (N-methyl/N-ethyl adjacent to an activating group) is 2. The second-order valence-electron chi connectivity index (χ2n) is 4.82. The van der Waals surface area contributed by atoms with E-state index < -0.39 is 0 Å². The van der Waals surface area contributed by atoms with Crippen molar-refractivity contribution in [1.29, 1.82) is 0 Å². The van der Waals surface area contributed by atoms with E-state index in [0.717, 1.165) is 25.3 Å². The highest BCUT2D eigenvalue weighted by Crippen LogP contribution is 2.37. The minimum absolute atomic E-state index is 0.616. The van der Waals surface area contributed by atoms with Crippen LogP contribution in [0.15, 0.2) is 18.2 Å². The van der Waals surface area contributed by atoms with Crippen LogP contribution in [0.25, 0.3) is 0 Å². The van der Waals surface area contributed by atoms with Gasteiger partial charge in [-0.2, -0.15) is 0 Å². The van der Waals surface area contributed by atoms with Gasteiger partial charge in [-0.05, 0) is 38.7 Å². The number of nitrogen functional groups attached to an aromatic ring is 1. The predicted molar refractivity (Wildman–Crippen MR) is 70.0 cm³/mol. The molecule has 0 aliphatic carbocycles. The fourth-order valence-electron chi connectivity index (χ4n) is 2.54. The minimum atomic E-state index is 0.616. The maximum atomic E-state index is 5.86. The molecular formula is C13H21N3. The molecule has 0 saturated carbocycles. The topological polar surface area (TPSA) is 32.5 Å². The van der Waals surface area contributed by atoms with E-state index in [-0.39, 0.29) is 0 Å². The molecule has 1 heterocycles. The molecule has 0 radical (unpaired) electrons. The molecule has 3 nitrogen and oxygen atoms in total. The first-order valence-corrected chi connectivity index (χ1v) is 5.91. The van der Waals surface area contributed by atoms with Crippen molar-refractivity contribution in [2.45, 2.75) is 12.8 Å². The summed E-state index contributed by atoms with van der Waals surface area (Å²) in [4.78, 5) is 4.67. The summed E-state index contributed by atoms with van der Waals surface area (Å²) in [6.07, 6.45) is 0. The van der Waals surface area contributed by atoms with Crippen molar-refractivity contribution in [3.8, 4) is 0 Å². The highest BCUT2D eigenvalue weighted by Gasteiger charge is 2.27. The summed E-state index contributed by atoms with van der Waals surface area (Å²) in [6, 6.07) is 6.31. The van der Waals surface area contributed by atoms with E-state index in [1.54, 1.807) is 0 Å². The van der Waals surface area contributed by atoms with Crippen LogP contribution in [0.3, 0.4) is 0 Å². The summed E-state index contributed by atoms with van der Waals surface area (Å²) in [7, 11) is 4.26. The number of anilines is 2. The Kier molecular flexibility index (Phi) is 3.06. The van der Waals surface area contributed by atoms with Gasteiger partial charge in [0, 0.05) is 36.9 Å². The van der Waals surface area contributed by atoms with Crippen LogP contribution in [0.4, 0.5) is 11.4 Å². The summed E-state index contributed by atoms with van der Waals surface area (Å²) < 4.78 is 0. The lowest BCUT2D eigenvalue weighted by atomic mass is 10.0. The molecule has 1 aromatic rings. The van der Waals surface area contributed by atoms with E-state index in [2.05, 4.69) is 43.0 Å². The molecule has 1 atom stereocenters. The van der Waals surface area contributed by atoms with E-state index in [0.29, 0.717) is 5.92 Å². The molecule has 16 heavy (non-hydrogen) atoms. The van der Waals surface area contributed by atoms with E-state index in [1.165, 1.54) is 11.3 Å². The van der Waals surface area contributed by atoms with E-state index >= 15 is 0 Å². The van der Waals surface area contributed by atoms with Gasteiger partial charge in [-0.1, -0.05) is 6.07 Å². The highest BCUT2D eigenvalue weighted by atomic mass is 15.2. The van der Waals surface area contributed by atoms with E-state index in [4.69, 9.17) is 5.73 Å². The van der Waals surface area contributed by atoms with Gasteiger partial charge in [-0.3, -0.25) is 0 Å². The average molecular weight is 219 g/mol. The third-order valence-corrected chi connectivity index (χ3v) is 3.24. The lowest BCUT2D eigenvalue weighted by molar-refractivity contribution is 0.379. The lowest BCUT2D eigenvalue weighted by Gasteiger charge is -2.19. The fraction of sp³-hybridized carbons (Fsp3) is 0.538. The molecule has 88 valence electrons. The van der Waals surface area contributed by atoms with Crippen LogP contribution in [-0.2, 0) is 0 Å². The molecule has 1 aliphatic heterocycles. The van der Waals surface area contributed by atoms with Crippen LogP contribution in [0.1, 0.15) is 18.4 Å². The molecule has 0 amide bonds. The summed E-state index contributed by atoms with van der Waals surface area (Å²) >= 11 is 0. The molecule has 0 spiro atoms. The molecule has 1 unspecified atom stereocenters. The van der Waals surface area contributed by atoms with Crippen LogP contribution in [-0.4, -0.2) is 38.6 Å². The zero-order valence-corrected chi connectivity index (χ0v) is 10.4. The van der Waals surface area contributed by atoms with Crippen molar-refractivity contribution in [3.05, 3.63) is 23.8 Å². The van der Waals surface area contributed by atoms with Gasteiger partial charge >= 0.3 is 0 Å². The van der Waals surface area contributed by atoms with Crippen molar-refractivity contribution in [1.82, 2.24) is 4.90 Å². The summed E-state index contributed by atoms with van der Waals surface area (Å²) in [5, 5.41) is 0. The molecule has 0 bridgehead atoms. The summed E-state index contributed by atoms with van der Waals surface area (Å²) in [5.74, 6) is 0.616. The van der Waals surface area contributed by atoms with Gasteiger partial charge in [0.1, 0.15) is 0 Å². The van der Waals surface area contributed by atoms with Gasteiger partial charge in [-0.25, -0.2) is 0 Å². The van der Waals surface area contributed by atoms with Crippen molar-refractivity contribution in [2.24, 2.45) is 0 Å². The number of rotatable bonds is 3. The highest BCUT2D eigenvalue weighted by molar-refractivity contribution is 5.66. The van der Waals surface area contributed by atoms with Crippen molar-refractivity contribution in [2.75, 3.05) is 44.4 Å². The first-order chi connectivity index (χ1) is 7.61. The van der Waals surface area contributed by atoms with E-state index in [1.807, 2.05) is 6.07 Å². The minimum Gasteiger partial charge on any atom is -0.399 e. The van der Waals surface area contributed by atoms with E-state index in [9.17, 15) is 0 Å².